The number of non-ortho nitro benzene ring substituents is 1. The molecule has 0 saturated heterocycles. The summed E-state index contributed by atoms with van der Waals surface area (Å²) in [4.78, 5) is 42.9. The van der Waals surface area contributed by atoms with E-state index in [4.69, 9.17) is 13.9 Å². The number of benzene rings is 2. The number of ether oxygens (including phenoxy) is 2. The van der Waals surface area contributed by atoms with Gasteiger partial charge in [-0.05, 0) is 64.4 Å². The topological polar surface area (TPSA) is 126 Å². The van der Waals surface area contributed by atoms with Gasteiger partial charge in [0, 0.05) is 29.3 Å². The number of thiazole rings is 1. The molecular formula is C31H29N3O7S. The SMILES string of the molecule is CCOC(=O)C1=C(C)N=c2s/c(=C\c3ccc(-c4ccc([N+](=O)[O-])cc4C)o3)c(=O)n2[C@H]1c1ccccc1OC(C)C. The Labute approximate surface area is 245 Å². The third-order valence-corrected chi connectivity index (χ3v) is 7.66. The Morgan fingerprint density at radius 3 is 2.64 bits per heavy atom. The van der Waals surface area contributed by atoms with Crippen LogP contribution in [0.15, 0.2) is 80.1 Å². The number of hydrogen-bond acceptors (Lipinski definition) is 9. The quantitative estimate of drug-likeness (QED) is 0.160. The first-order chi connectivity index (χ1) is 20.1. The molecule has 42 heavy (non-hydrogen) atoms. The number of esters is 1. The maximum Gasteiger partial charge on any atom is 0.338 e. The minimum atomic E-state index is -0.813. The molecule has 0 N–H and O–H groups in total. The number of fused-ring (bicyclic) bond motifs is 1. The van der Waals surface area contributed by atoms with Gasteiger partial charge < -0.3 is 13.9 Å². The van der Waals surface area contributed by atoms with Crippen LogP contribution in [0, 0.1) is 17.0 Å². The number of para-hydroxylation sites is 1. The minimum Gasteiger partial charge on any atom is -0.491 e. The third-order valence-electron chi connectivity index (χ3n) is 6.68. The van der Waals surface area contributed by atoms with Crippen molar-refractivity contribution in [3.05, 3.63) is 113 Å². The smallest absolute Gasteiger partial charge is 0.338 e. The average Bonchev–Trinajstić information content (AvgIpc) is 3.52. The van der Waals surface area contributed by atoms with E-state index in [-0.39, 0.29) is 29.5 Å². The first kappa shape index (κ1) is 28.7. The predicted octanol–water partition coefficient (Wildman–Crippen LogP) is 5.06. The summed E-state index contributed by atoms with van der Waals surface area (Å²) in [7, 11) is 0. The second-order valence-corrected chi connectivity index (χ2v) is 11.0. The van der Waals surface area contributed by atoms with Crippen molar-refractivity contribution in [2.45, 2.75) is 46.8 Å². The molecule has 11 heteroatoms. The molecule has 4 aromatic rings. The van der Waals surface area contributed by atoms with Gasteiger partial charge in [0.2, 0.25) is 0 Å². The van der Waals surface area contributed by atoms with E-state index in [1.165, 1.54) is 28.0 Å². The Bertz CT molecular complexity index is 1910. The Hall–Kier alpha value is -4.77. The fourth-order valence-corrected chi connectivity index (χ4v) is 5.92. The summed E-state index contributed by atoms with van der Waals surface area (Å²) < 4.78 is 19.4. The van der Waals surface area contributed by atoms with E-state index in [0.717, 1.165) is 0 Å². The number of carbonyl (C=O) groups is 1. The Morgan fingerprint density at radius 1 is 1.19 bits per heavy atom. The van der Waals surface area contributed by atoms with Crippen molar-refractivity contribution >= 4 is 29.1 Å². The molecular weight excluding hydrogens is 558 g/mol. The van der Waals surface area contributed by atoms with E-state index >= 15 is 0 Å². The molecule has 3 heterocycles. The predicted molar refractivity (Wildman–Crippen MR) is 158 cm³/mol. The molecule has 2 aromatic carbocycles. The van der Waals surface area contributed by atoms with Crippen LogP contribution in [0.1, 0.15) is 50.6 Å². The van der Waals surface area contributed by atoms with Gasteiger partial charge in [0.05, 0.1) is 33.4 Å². The van der Waals surface area contributed by atoms with E-state index in [0.29, 0.717) is 49.0 Å². The zero-order valence-corrected chi connectivity index (χ0v) is 24.6. The number of aryl methyl sites for hydroxylation is 1. The summed E-state index contributed by atoms with van der Waals surface area (Å²) in [6.07, 6.45) is 1.50. The highest BCUT2D eigenvalue weighted by Crippen LogP contribution is 2.36. The van der Waals surface area contributed by atoms with Crippen LogP contribution < -0.4 is 19.6 Å². The van der Waals surface area contributed by atoms with Crippen LogP contribution >= 0.6 is 11.3 Å². The van der Waals surface area contributed by atoms with Crippen LogP contribution in [0.4, 0.5) is 5.69 Å². The fourth-order valence-electron chi connectivity index (χ4n) is 4.90. The first-order valence-electron chi connectivity index (χ1n) is 13.4. The average molecular weight is 588 g/mol. The van der Waals surface area contributed by atoms with Crippen molar-refractivity contribution in [3.63, 3.8) is 0 Å². The number of nitro benzene ring substituents is 1. The second kappa shape index (κ2) is 11.6. The van der Waals surface area contributed by atoms with Gasteiger partial charge in [-0.25, -0.2) is 9.79 Å². The zero-order valence-electron chi connectivity index (χ0n) is 23.7. The highest BCUT2D eigenvalue weighted by molar-refractivity contribution is 7.07. The molecule has 0 saturated carbocycles. The van der Waals surface area contributed by atoms with Crippen LogP contribution in [0.3, 0.4) is 0 Å². The maximum absolute atomic E-state index is 14.0. The van der Waals surface area contributed by atoms with Crippen LogP contribution in [-0.2, 0) is 9.53 Å². The van der Waals surface area contributed by atoms with Crippen LogP contribution in [0.2, 0.25) is 0 Å². The van der Waals surface area contributed by atoms with Crippen LogP contribution in [0.25, 0.3) is 17.4 Å². The van der Waals surface area contributed by atoms with Gasteiger partial charge in [0.15, 0.2) is 4.80 Å². The van der Waals surface area contributed by atoms with E-state index in [1.807, 2.05) is 38.1 Å². The van der Waals surface area contributed by atoms with Crippen LogP contribution in [0.5, 0.6) is 5.75 Å². The van der Waals surface area contributed by atoms with Gasteiger partial charge in [0.1, 0.15) is 23.3 Å². The van der Waals surface area contributed by atoms with Gasteiger partial charge >= 0.3 is 5.97 Å². The number of aromatic nitrogens is 1. The molecule has 0 amide bonds. The van der Waals surface area contributed by atoms with Gasteiger partial charge in [-0.3, -0.25) is 19.5 Å². The summed E-state index contributed by atoms with van der Waals surface area (Å²) >= 11 is 1.19. The summed E-state index contributed by atoms with van der Waals surface area (Å²) in [5, 5.41) is 11.1. The van der Waals surface area contributed by atoms with Gasteiger partial charge in [-0.2, -0.15) is 0 Å². The molecule has 10 nitrogen and oxygen atoms in total. The lowest BCUT2D eigenvalue weighted by Gasteiger charge is -2.26. The molecule has 0 fully saturated rings. The number of allylic oxidation sites excluding steroid dienone is 1. The highest BCUT2D eigenvalue weighted by atomic mass is 32.1. The molecule has 1 atom stereocenters. The van der Waals surface area contributed by atoms with Crippen molar-refractivity contribution in [2.24, 2.45) is 4.99 Å². The largest absolute Gasteiger partial charge is 0.491 e. The second-order valence-electron chi connectivity index (χ2n) is 9.97. The molecule has 0 unspecified atom stereocenters. The number of hydrogen-bond donors (Lipinski definition) is 0. The van der Waals surface area contributed by atoms with E-state index in [9.17, 15) is 19.7 Å². The number of nitrogens with zero attached hydrogens (tertiary/aromatic N) is 3. The molecule has 2 aromatic heterocycles. The summed E-state index contributed by atoms with van der Waals surface area (Å²) in [6.45, 7) is 9.22. The van der Waals surface area contributed by atoms with E-state index in [2.05, 4.69) is 4.99 Å². The Balaban J connectivity index is 1.64. The monoisotopic (exact) mass is 587 g/mol. The van der Waals surface area contributed by atoms with Gasteiger partial charge in [-0.1, -0.05) is 29.5 Å². The molecule has 1 aliphatic rings. The summed E-state index contributed by atoms with van der Waals surface area (Å²) in [5.74, 6) is 0.943. The number of rotatable bonds is 8. The number of furan rings is 1. The minimum absolute atomic E-state index is 0.00320. The van der Waals surface area contributed by atoms with Crippen molar-refractivity contribution in [1.82, 2.24) is 4.57 Å². The number of carbonyl (C=O) groups excluding carboxylic acids is 1. The van der Waals surface area contributed by atoms with E-state index in [1.54, 1.807) is 45.0 Å². The standard InChI is InChI=1S/C31H29N3O7S/c1-6-39-30(36)27-19(5)32-31-33(28(27)23-9-7-8-10-24(23)40-17(2)3)29(35)26(42-31)16-21-12-14-25(41-21)22-13-11-20(34(37)38)15-18(22)4/h7-17,28H,6H2,1-5H3/b26-16-/t28-/m0/s1. The highest BCUT2D eigenvalue weighted by Gasteiger charge is 2.35. The summed E-state index contributed by atoms with van der Waals surface area (Å²) in [6, 6.07) is 14.5. The third kappa shape index (κ3) is 5.42. The molecule has 0 bridgehead atoms. The molecule has 5 rings (SSSR count). The first-order valence-corrected chi connectivity index (χ1v) is 14.2. The lowest BCUT2D eigenvalue weighted by Crippen LogP contribution is -2.40. The number of nitro groups is 1. The van der Waals surface area contributed by atoms with Gasteiger partial charge in [0.25, 0.3) is 11.2 Å². The Morgan fingerprint density at radius 2 is 1.95 bits per heavy atom. The molecule has 0 aliphatic carbocycles. The molecule has 0 radical (unpaired) electrons. The fraction of sp³-hybridized carbons (Fsp3) is 0.258. The molecule has 0 spiro atoms. The maximum atomic E-state index is 14.0. The van der Waals surface area contributed by atoms with Crippen LogP contribution in [-0.4, -0.2) is 28.2 Å². The van der Waals surface area contributed by atoms with E-state index < -0.39 is 16.9 Å². The molecule has 1 aliphatic heterocycles. The lowest BCUT2D eigenvalue weighted by atomic mass is 9.95. The van der Waals surface area contributed by atoms with Crippen molar-refractivity contribution in [2.75, 3.05) is 6.61 Å². The normalized spacial score (nSPS) is 15.0. The van der Waals surface area contributed by atoms with Crippen molar-refractivity contribution < 1.29 is 23.6 Å². The van der Waals surface area contributed by atoms with Gasteiger partial charge in [-0.15, -0.1) is 0 Å². The van der Waals surface area contributed by atoms with Crippen molar-refractivity contribution in [1.29, 1.82) is 0 Å². The lowest BCUT2D eigenvalue weighted by molar-refractivity contribution is -0.384. The van der Waals surface area contributed by atoms with Crippen molar-refractivity contribution in [3.8, 4) is 17.1 Å². The summed E-state index contributed by atoms with van der Waals surface area (Å²) in [5.41, 5.74) is 2.42. The molecule has 216 valence electrons. The Kier molecular flexibility index (Phi) is 7.95. The zero-order chi connectivity index (χ0) is 30.1.